The van der Waals surface area contributed by atoms with Crippen molar-refractivity contribution in [2.45, 2.75) is 6.42 Å². The number of hydrogen-bond donors (Lipinski definition) is 1. The van der Waals surface area contributed by atoms with Crippen LogP contribution in [0.1, 0.15) is 22.3 Å². The number of halogens is 1. The van der Waals surface area contributed by atoms with E-state index in [1.807, 2.05) is 0 Å². The first kappa shape index (κ1) is 23.2. The Bertz CT molecular complexity index is 1220. The molecule has 0 heterocycles. The molecule has 0 fully saturated rings. The van der Waals surface area contributed by atoms with Crippen LogP contribution in [0.15, 0.2) is 72.8 Å². The number of nitrogens with two attached hydrogens (primary N) is 1. The van der Waals surface area contributed by atoms with Crippen molar-refractivity contribution in [2.24, 2.45) is 5.73 Å². The lowest BCUT2D eigenvalue weighted by molar-refractivity contribution is -0.121. The Morgan fingerprint density at radius 2 is 1.58 bits per heavy atom. The van der Waals surface area contributed by atoms with Gasteiger partial charge in [-0.1, -0.05) is 36.4 Å². The molecule has 0 atom stereocenters. The SMILES string of the molecule is N#Cc1ccccc1-c1ccccc1C(=O)OCC(=O)N(CCC(N)=O)c1ccc(F)cc1. The third-order valence-electron chi connectivity index (χ3n) is 4.83. The standard InChI is InChI=1S/C25H20FN3O4/c26-18-9-11-19(12-10-18)29(14-13-23(28)30)24(31)16-33-25(32)22-8-4-3-7-21(22)20-6-2-1-5-17(20)15-27/h1-12H,13-14,16H2,(H2,28,30). The van der Waals surface area contributed by atoms with Crippen LogP contribution in [-0.2, 0) is 14.3 Å². The normalized spacial score (nSPS) is 10.2. The highest BCUT2D eigenvalue weighted by Crippen LogP contribution is 2.27. The van der Waals surface area contributed by atoms with E-state index in [0.29, 0.717) is 22.4 Å². The lowest BCUT2D eigenvalue weighted by atomic mass is 9.96. The summed E-state index contributed by atoms with van der Waals surface area (Å²) in [5.74, 6) is -2.45. The Hall–Kier alpha value is -4.51. The van der Waals surface area contributed by atoms with Gasteiger partial charge >= 0.3 is 5.97 Å². The minimum absolute atomic E-state index is 0.0521. The molecule has 0 spiro atoms. The van der Waals surface area contributed by atoms with Crippen LogP contribution in [0.25, 0.3) is 11.1 Å². The van der Waals surface area contributed by atoms with Crippen LogP contribution in [0.4, 0.5) is 10.1 Å². The van der Waals surface area contributed by atoms with Crippen LogP contribution < -0.4 is 10.6 Å². The summed E-state index contributed by atoms with van der Waals surface area (Å²) < 4.78 is 18.5. The van der Waals surface area contributed by atoms with Gasteiger partial charge in [-0.3, -0.25) is 9.59 Å². The third kappa shape index (κ3) is 5.80. The predicted molar refractivity (Wildman–Crippen MR) is 119 cm³/mol. The molecule has 0 bridgehead atoms. The van der Waals surface area contributed by atoms with E-state index in [9.17, 15) is 24.0 Å². The van der Waals surface area contributed by atoms with Crippen molar-refractivity contribution in [1.82, 2.24) is 0 Å². The summed E-state index contributed by atoms with van der Waals surface area (Å²) in [6.07, 6.45) is -0.120. The van der Waals surface area contributed by atoms with E-state index in [-0.39, 0.29) is 18.5 Å². The zero-order chi connectivity index (χ0) is 23.8. The van der Waals surface area contributed by atoms with Crippen molar-refractivity contribution >= 4 is 23.5 Å². The summed E-state index contributed by atoms with van der Waals surface area (Å²) in [6, 6.07) is 20.6. The van der Waals surface area contributed by atoms with Gasteiger partial charge in [-0.15, -0.1) is 0 Å². The molecule has 3 aromatic carbocycles. The molecule has 0 saturated heterocycles. The van der Waals surface area contributed by atoms with Crippen molar-refractivity contribution in [3.8, 4) is 17.2 Å². The van der Waals surface area contributed by atoms with Crippen LogP contribution in [0.5, 0.6) is 0 Å². The van der Waals surface area contributed by atoms with Gasteiger partial charge in [0.25, 0.3) is 5.91 Å². The summed E-state index contributed by atoms with van der Waals surface area (Å²) in [4.78, 5) is 38.0. The molecular formula is C25H20FN3O4. The van der Waals surface area contributed by atoms with Crippen LogP contribution in [-0.4, -0.2) is 30.9 Å². The van der Waals surface area contributed by atoms with Crippen molar-refractivity contribution < 1.29 is 23.5 Å². The number of hydrogen-bond acceptors (Lipinski definition) is 5. The number of primary amides is 1. The second kappa shape index (κ2) is 10.7. The third-order valence-corrected chi connectivity index (χ3v) is 4.83. The molecule has 2 N–H and O–H groups in total. The van der Waals surface area contributed by atoms with Crippen LogP contribution in [0.2, 0.25) is 0 Å². The van der Waals surface area contributed by atoms with Gasteiger partial charge in [0.2, 0.25) is 5.91 Å². The molecule has 2 amide bonds. The Morgan fingerprint density at radius 3 is 2.24 bits per heavy atom. The molecule has 3 rings (SSSR count). The van der Waals surface area contributed by atoms with E-state index in [2.05, 4.69) is 6.07 Å². The van der Waals surface area contributed by atoms with E-state index >= 15 is 0 Å². The number of nitrogens with zero attached hydrogens (tertiary/aromatic N) is 2. The van der Waals surface area contributed by atoms with Crippen molar-refractivity contribution in [3.05, 3.63) is 89.7 Å². The van der Waals surface area contributed by atoms with Crippen LogP contribution in [0, 0.1) is 17.1 Å². The number of benzene rings is 3. The number of nitriles is 1. The minimum atomic E-state index is -0.749. The fraction of sp³-hybridized carbons (Fsp3) is 0.120. The number of ether oxygens (including phenoxy) is 1. The molecular weight excluding hydrogens is 425 g/mol. The highest BCUT2D eigenvalue weighted by Gasteiger charge is 2.21. The first-order valence-corrected chi connectivity index (χ1v) is 10.0. The monoisotopic (exact) mass is 445 g/mol. The molecule has 166 valence electrons. The van der Waals surface area contributed by atoms with Crippen molar-refractivity contribution in [2.75, 3.05) is 18.1 Å². The first-order chi connectivity index (χ1) is 15.9. The number of amides is 2. The lowest BCUT2D eigenvalue weighted by Gasteiger charge is -2.22. The van der Waals surface area contributed by atoms with E-state index in [1.165, 1.54) is 29.2 Å². The second-order valence-corrected chi connectivity index (χ2v) is 7.02. The van der Waals surface area contributed by atoms with E-state index in [0.717, 1.165) is 0 Å². The Balaban J connectivity index is 1.79. The lowest BCUT2D eigenvalue weighted by Crippen LogP contribution is -2.37. The van der Waals surface area contributed by atoms with E-state index in [1.54, 1.807) is 48.5 Å². The number of esters is 1. The summed E-state index contributed by atoms with van der Waals surface area (Å²) in [7, 11) is 0. The van der Waals surface area contributed by atoms with Gasteiger partial charge in [0.05, 0.1) is 17.2 Å². The molecule has 0 aliphatic rings. The maximum Gasteiger partial charge on any atom is 0.339 e. The number of anilines is 1. The molecule has 0 radical (unpaired) electrons. The van der Waals surface area contributed by atoms with Gasteiger partial charge < -0.3 is 15.4 Å². The summed E-state index contributed by atoms with van der Waals surface area (Å²) in [5.41, 5.74) is 7.17. The molecule has 0 unspecified atom stereocenters. The van der Waals surface area contributed by atoms with Gasteiger partial charge in [-0.25, -0.2) is 9.18 Å². The molecule has 7 nitrogen and oxygen atoms in total. The zero-order valence-corrected chi connectivity index (χ0v) is 17.5. The summed E-state index contributed by atoms with van der Waals surface area (Å²) in [5, 5.41) is 9.39. The number of rotatable bonds is 8. The molecule has 33 heavy (non-hydrogen) atoms. The van der Waals surface area contributed by atoms with Gasteiger partial charge in [0.15, 0.2) is 6.61 Å². The van der Waals surface area contributed by atoms with Gasteiger partial charge in [-0.2, -0.15) is 5.26 Å². The average Bonchev–Trinajstić information content (AvgIpc) is 2.83. The highest BCUT2D eigenvalue weighted by atomic mass is 19.1. The molecule has 8 heteroatoms. The first-order valence-electron chi connectivity index (χ1n) is 10.0. The van der Waals surface area contributed by atoms with Gasteiger partial charge in [0, 0.05) is 24.2 Å². The highest BCUT2D eigenvalue weighted by molar-refractivity contribution is 6.01. The molecule has 0 aliphatic heterocycles. The molecule has 0 saturated carbocycles. The maximum atomic E-state index is 13.3. The van der Waals surface area contributed by atoms with Crippen LogP contribution >= 0.6 is 0 Å². The molecule has 0 aromatic heterocycles. The Morgan fingerprint density at radius 1 is 0.939 bits per heavy atom. The minimum Gasteiger partial charge on any atom is -0.452 e. The van der Waals surface area contributed by atoms with Gasteiger partial charge in [-0.05, 0) is 42.0 Å². The Labute approximate surface area is 189 Å². The largest absolute Gasteiger partial charge is 0.452 e. The Kier molecular flexibility index (Phi) is 7.50. The smallest absolute Gasteiger partial charge is 0.339 e. The molecule has 0 aliphatic carbocycles. The summed E-state index contributed by atoms with van der Waals surface area (Å²) >= 11 is 0. The average molecular weight is 445 g/mol. The zero-order valence-electron chi connectivity index (χ0n) is 17.5. The van der Waals surface area contributed by atoms with Crippen molar-refractivity contribution in [1.29, 1.82) is 5.26 Å². The fourth-order valence-electron chi connectivity index (χ4n) is 3.24. The van der Waals surface area contributed by atoms with E-state index < -0.39 is 30.2 Å². The topological polar surface area (TPSA) is 113 Å². The number of carbonyl (C=O) groups excluding carboxylic acids is 3. The fourth-order valence-corrected chi connectivity index (χ4v) is 3.24. The van der Waals surface area contributed by atoms with E-state index in [4.69, 9.17) is 10.5 Å². The van der Waals surface area contributed by atoms with Crippen LogP contribution in [0.3, 0.4) is 0 Å². The maximum absolute atomic E-state index is 13.3. The van der Waals surface area contributed by atoms with Crippen molar-refractivity contribution in [3.63, 3.8) is 0 Å². The predicted octanol–water partition coefficient (Wildman–Crippen LogP) is 3.43. The summed E-state index contributed by atoms with van der Waals surface area (Å²) in [6.45, 7) is -0.660. The molecule has 3 aromatic rings. The van der Waals surface area contributed by atoms with Gasteiger partial charge in [0.1, 0.15) is 5.82 Å². The quantitative estimate of drug-likeness (QED) is 0.534. The second-order valence-electron chi connectivity index (χ2n) is 7.02. The number of carbonyl (C=O) groups is 3.